The van der Waals surface area contributed by atoms with Gasteiger partial charge in [-0.2, -0.15) is 0 Å². The lowest BCUT2D eigenvalue weighted by Crippen LogP contribution is -2.77. The Balaban J connectivity index is 0.000000362. The van der Waals surface area contributed by atoms with Crippen molar-refractivity contribution < 1.29 is 8.85 Å². The largest absolute Gasteiger partial charge is 0.432 e. The van der Waals surface area contributed by atoms with Gasteiger partial charge in [-0.1, -0.05) is 116 Å². The standard InChI is InChI=1S/C15H38OSi4.C10H26OSi3/c1-2-3-4-5-6-7-8-9-10-11-12-13-14-20-15-16-17-18-19-20;1-10(2)9-12(3,4)14(7,8)13(5,6)11-10/h20H,2-15,17-19H2,1H3;9H2,1-8H3. The van der Waals surface area contributed by atoms with Crippen molar-refractivity contribution in [2.75, 3.05) is 6.23 Å². The predicted octanol–water partition coefficient (Wildman–Crippen LogP) is 5.81. The highest BCUT2D eigenvalue weighted by molar-refractivity contribution is 7.67. The monoisotopic (exact) mass is 592 g/mol. The van der Waals surface area contributed by atoms with E-state index in [-0.39, 0.29) is 23.2 Å². The molecular weight excluding hydrogens is 529 g/mol. The van der Waals surface area contributed by atoms with Gasteiger partial charge in [0.1, 0.15) is 9.28 Å². The van der Waals surface area contributed by atoms with E-state index in [9.17, 15) is 0 Å². The SMILES string of the molecule is CC1(C)C[Si](C)(C)[Si](C)(C)[Si](C)(C)O1.CCCCCCCCCCCCCC[SiH]1CO[SiH2][SiH2][SiH2]1. The molecule has 2 heterocycles. The Morgan fingerprint density at radius 3 is 1.71 bits per heavy atom. The molecule has 0 saturated carbocycles. The van der Waals surface area contributed by atoms with E-state index in [1.165, 1.54) is 82.9 Å². The molecule has 0 radical (unpaired) electrons. The van der Waals surface area contributed by atoms with Crippen LogP contribution in [0.25, 0.3) is 0 Å². The number of hydrogen-bond acceptors (Lipinski definition) is 2. The van der Waals surface area contributed by atoms with Crippen LogP contribution < -0.4 is 0 Å². The molecule has 0 aromatic heterocycles. The zero-order valence-corrected chi connectivity index (χ0v) is 33.5. The Morgan fingerprint density at radius 2 is 1.26 bits per heavy atom. The normalized spacial score (nSPS) is 26.9. The van der Waals surface area contributed by atoms with Gasteiger partial charge in [0.15, 0.2) is 7.83 Å². The van der Waals surface area contributed by atoms with Crippen LogP contribution in [-0.2, 0) is 8.85 Å². The fraction of sp³-hybridized carbons (Fsp3) is 1.00. The van der Waals surface area contributed by atoms with Crippen LogP contribution in [-0.4, -0.2) is 69.1 Å². The lowest BCUT2D eigenvalue weighted by atomic mass is 10.1. The van der Waals surface area contributed by atoms with Gasteiger partial charge in [0.2, 0.25) is 0 Å². The van der Waals surface area contributed by atoms with E-state index in [0.717, 1.165) is 0 Å². The zero-order valence-electron chi connectivity index (χ0n) is 25.1. The molecule has 1 atom stereocenters. The minimum Gasteiger partial charge on any atom is -0.432 e. The third kappa shape index (κ3) is 12.3. The molecule has 0 aliphatic carbocycles. The second-order valence-corrected chi connectivity index (χ2v) is 65.9. The minimum absolute atomic E-state index is 0.160. The van der Waals surface area contributed by atoms with Crippen LogP contribution in [0.3, 0.4) is 0 Å². The fourth-order valence-corrected chi connectivity index (χ4v) is 82.6. The summed E-state index contributed by atoms with van der Waals surface area (Å²) in [6.45, 7) is 22.2. The first kappa shape index (κ1) is 33.5. The van der Waals surface area contributed by atoms with Crippen molar-refractivity contribution in [2.45, 2.75) is 155 Å². The van der Waals surface area contributed by atoms with Crippen LogP contribution >= 0.6 is 0 Å². The summed E-state index contributed by atoms with van der Waals surface area (Å²) in [5.41, 5.74) is 0.161. The lowest BCUT2D eigenvalue weighted by Gasteiger charge is -2.57. The molecule has 2 rings (SSSR count). The molecule has 0 amide bonds. The molecule has 2 aliphatic rings. The molecule has 2 nitrogen and oxygen atoms in total. The Bertz CT molecular complexity index is 513. The zero-order chi connectivity index (χ0) is 25.7. The molecule has 34 heavy (non-hydrogen) atoms. The maximum absolute atomic E-state index is 6.45. The molecule has 0 aromatic rings. The van der Waals surface area contributed by atoms with Gasteiger partial charge in [0.25, 0.3) is 0 Å². The first-order chi connectivity index (χ1) is 15.8. The molecule has 0 N–H and O–H groups in total. The van der Waals surface area contributed by atoms with Crippen LogP contribution in [0.4, 0.5) is 0 Å². The topological polar surface area (TPSA) is 18.5 Å². The van der Waals surface area contributed by atoms with Gasteiger partial charge in [-0.3, -0.25) is 0 Å². The van der Waals surface area contributed by atoms with E-state index in [2.05, 4.69) is 60.1 Å². The van der Waals surface area contributed by atoms with Crippen LogP contribution in [0, 0.1) is 0 Å². The molecule has 2 saturated heterocycles. The highest BCUT2D eigenvalue weighted by atomic mass is 29.7. The van der Waals surface area contributed by atoms with E-state index in [1.54, 1.807) is 12.5 Å². The molecule has 204 valence electrons. The first-order valence-corrected chi connectivity index (χ1v) is 39.7. The van der Waals surface area contributed by atoms with Crippen molar-refractivity contribution in [2.24, 2.45) is 0 Å². The maximum atomic E-state index is 6.45. The summed E-state index contributed by atoms with van der Waals surface area (Å²) in [7, 11) is -2.42. The van der Waals surface area contributed by atoms with Gasteiger partial charge in [0.05, 0.1) is 15.4 Å². The molecule has 0 spiro atoms. The quantitative estimate of drug-likeness (QED) is 0.199. The third-order valence-corrected chi connectivity index (χ3v) is 86.5. The van der Waals surface area contributed by atoms with Gasteiger partial charge in [0, 0.05) is 36.5 Å². The van der Waals surface area contributed by atoms with E-state index < -0.39 is 22.5 Å². The number of rotatable bonds is 13. The minimum atomic E-state index is -1.39. The molecular formula is C25H64O2Si7. The van der Waals surface area contributed by atoms with E-state index in [4.69, 9.17) is 8.85 Å². The van der Waals surface area contributed by atoms with Crippen molar-refractivity contribution >= 4 is 57.2 Å². The second kappa shape index (κ2) is 16.4. The predicted molar refractivity (Wildman–Crippen MR) is 177 cm³/mol. The number of unbranched alkanes of at least 4 members (excludes halogenated alkanes) is 11. The van der Waals surface area contributed by atoms with Crippen LogP contribution in [0.5, 0.6) is 0 Å². The van der Waals surface area contributed by atoms with Crippen molar-refractivity contribution in [1.82, 2.24) is 0 Å². The molecule has 1 unspecified atom stereocenters. The van der Waals surface area contributed by atoms with Gasteiger partial charge < -0.3 is 8.85 Å². The van der Waals surface area contributed by atoms with Crippen molar-refractivity contribution in [3.05, 3.63) is 0 Å². The van der Waals surface area contributed by atoms with Crippen molar-refractivity contribution in [1.29, 1.82) is 0 Å². The third-order valence-electron chi connectivity index (χ3n) is 9.32. The molecule has 2 aliphatic heterocycles. The Morgan fingerprint density at radius 1 is 0.765 bits per heavy atom. The van der Waals surface area contributed by atoms with Gasteiger partial charge in [-0.15, -0.1) is 0 Å². The van der Waals surface area contributed by atoms with Crippen molar-refractivity contribution in [3.8, 4) is 0 Å². The Hall–Kier alpha value is 1.44. The maximum Gasteiger partial charge on any atom is 0.171 e. The van der Waals surface area contributed by atoms with E-state index in [1.807, 2.05) is 0 Å². The smallest absolute Gasteiger partial charge is 0.171 e. The summed E-state index contributed by atoms with van der Waals surface area (Å²) in [6.07, 6.45) is 19.2. The Kier molecular flexibility index (Phi) is 16.2. The highest BCUT2D eigenvalue weighted by Crippen LogP contribution is 2.43. The van der Waals surface area contributed by atoms with Crippen LogP contribution in [0.15, 0.2) is 0 Å². The summed E-state index contributed by atoms with van der Waals surface area (Å²) < 4.78 is 12.3. The number of hydrogen-bond donors (Lipinski definition) is 0. The molecule has 0 bridgehead atoms. The van der Waals surface area contributed by atoms with Gasteiger partial charge >= 0.3 is 0 Å². The average Bonchev–Trinajstić information content (AvgIpc) is 2.73. The van der Waals surface area contributed by atoms with E-state index >= 15 is 0 Å². The summed E-state index contributed by atoms with van der Waals surface area (Å²) in [5.74, 6) is 0. The molecule has 2 fully saturated rings. The van der Waals surface area contributed by atoms with Gasteiger partial charge in [-0.25, -0.2) is 0 Å². The van der Waals surface area contributed by atoms with E-state index in [0.29, 0.717) is 17.1 Å². The van der Waals surface area contributed by atoms with Crippen LogP contribution in [0.1, 0.15) is 97.8 Å². The average molecular weight is 593 g/mol. The lowest BCUT2D eigenvalue weighted by molar-refractivity contribution is 0.122. The summed E-state index contributed by atoms with van der Waals surface area (Å²) in [4.78, 5) is 0. The highest BCUT2D eigenvalue weighted by Gasteiger charge is 2.60. The first-order valence-electron chi connectivity index (χ1n) is 15.1. The molecule has 0 aromatic carbocycles. The second-order valence-electron chi connectivity index (χ2n) is 13.8. The van der Waals surface area contributed by atoms with Gasteiger partial charge in [-0.05, 0) is 33.0 Å². The Labute approximate surface area is 226 Å². The van der Waals surface area contributed by atoms with Crippen LogP contribution in [0.2, 0.25) is 51.4 Å². The van der Waals surface area contributed by atoms with Crippen molar-refractivity contribution in [3.63, 3.8) is 0 Å². The summed E-state index contributed by atoms with van der Waals surface area (Å²) in [5, 5.41) is 0. The summed E-state index contributed by atoms with van der Waals surface area (Å²) in [6, 6.07) is 3.03. The molecule has 9 heteroatoms. The summed E-state index contributed by atoms with van der Waals surface area (Å²) >= 11 is 0. The fourth-order valence-electron chi connectivity index (χ4n) is 6.26.